The standard InChI is InChI=1S/C19H28FNO2/c1-19(2,3)15-8-6-14(7-9-15)18(22)21-12-13-5-10-17(23-4)16(20)11-13/h5,10-11,14-15H,6-9,12H2,1-4H3,(H,21,22). The van der Waals surface area contributed by atoms with Crippen LogP contribution in [0.1, 0.15) is 52.0 Å². The van der Waals surface area contributed by atoms with Crippen molar-refractivity contribution in [2.45, 2.75) is 53.0 Å². The molecular weight excluding hydrogens is 293 g/mol. The third-order valence-electron chi connectivity index (χ3n) is 5.01. The number of carbonyl (C=O) groups excluding carboxylic acids is 1. The Balaban J connectivity index is 1.83. The number of hydrogen-bond donors (Lipinski definition) is 1. The monoisotopic (exact) mass is 321 g/mol. The van der Waals surface area contributed by atoms with Crippen LogP contribution < -0.4 is 10.1 Å². The molecule has 3 nitrogen and oxygen atoms in total. The quantitative estimate of drug-likeness (QED) is 0.898. The average molecular weight is 321 g/mol. The Bertz CT molecular complexity index is 543. The fourth-order valence-corrected chi connectivity index (χ4v) is 3.37. The maximum Gasteiger partial charge on any atom is 0.223 e. The highest BCUT2D eigenvalue weighted by Gasteiger charge is 2.32. The molecule has 0 atom stereocenters. The van der Waals surface area contributed by atoms with E-state index in [0.717, 1.165) is 31.2 Å². The van der Waals surface area contributed by atoms with Gasteiger partial charge in [0.25, 0.3) is 0 Å². The van der Waals surface area contributed by atoms with E-state index in [1.165, 1.54) is 13.2 Å². The zero-order valence-corrected chi connectivity index (χ0v) is 14.6. The van der Waals surface area contributed by atoms with Gasteiger partial charge >= 0.3 is 0 Å². The average Bonchev–Trinajstić information content (AvgIpc) is 2.52. The highest BCUT2D eigenvalue weighted by Crippen LogP contribution is 2.39. The highest BCUT2D eigenvalue weighted by molar-refractivity contribution is 5.78. The van der Waals surface area contributed by atoms with E-state index in [4.69, 9.17) is 4.74 Å². The van der Waals surface area contributed by atoms with E-state index in [-0.39, 0.29) is 17.6 Å². The molecule has 0 bridgehead atoms. The Hall–Kier alpha value is -1.58. The second-order valence-corrected chi connectivity index (χ2v) is 7.60. The minimum absolute atomic E-state index is 0.0913. The number of hydrogen-bond acceptors (Lipinski definition) is 2. The van der Waals surface area contributed by atoms with Crippen molar-refractivity contribution in [2.24, 2.45) is 17.3 Å². The molecule has 1 amide bonds. The lowest BCUT2D eigenvalue weighted by Gasteiger charge is -2.36. The van der Waals surface area contributed by atoms with Gasteiger partial charge in [0.2, 0.25) is 5.91 Å². The Morgan fingerprint density at radius 1 is 1.26 bits per heavy atom. The van der Waals surface area contributed by atoms with Crippen molar-refractivity contribution in [2.75, 3.05) is 7.11 Å². The Kier molecular flexibility index (Phi) is 5.66. The van der Waals surface area contributed by atoms with E-state index >= 15 is 0 Å². The van der Waals surface area contributed by atoms with Crippen LogP contribution >= 0.6 is 0 Å². The summed E-state index contributed by atoms with van der Waals surface area (Å²) in [5.41, 5.74) is 1.07. The first-order valence-corrected chi connectivity index (χ1v) is 8.41. The van der Waals surface area contributed by atoms with Crippen molar-refractivity contribution in [1.29, 1.82) is 0 Å². The molecule has 0 saturated heterocycles. The van der Waals surface area contributed by atoms with Gasteiger partial charge < -0.3 is 10.1 Å². The van der Waals surface area contributed by atoms with E-state index in [1.54, 1.807) is 12.1 Å². The number of benzene rings is 1. The number of rotatable bonds is 4. The molecule has 1 aromatic rings. The summed E-state index contributed by atoms with van der Waals surface area (Å²) in [4.78, 5) is 12.3. The first kappa shape index (κ1) is 17.8. The van der Waals surface area contributed by atoms with Crippen molar-refractivity contribution in [1.82, 2.24) is 5.32 Å². The molecule has 1 aliphatic rings. The van der Waals surface area contributed by atoms with Crippen molar-refractivity contribution in [3.05, 3.63) is 29.6 Å². The molecule has 4 heteroatoms. The lowest BCUT2D eigenvalue weighted by atomic mass is 9.69. The third-order valence-corrected chi connectivity index (χ3v) is 5.01. The Labute approximate surface area is 138 Å². The normalized spacial score (nSPS) is 21.8. The van der Waals surface area contributed by atoms with Crippen molar-refractivity contribution in [3.63, 3.8) is 0 Å². The molecule has 0 aliphatic heterocycles. The van der Waals surface area contributed by atoms with E-state index in [0.29, 0.717) is 17.9 Å². The molecule has 0 heterocycles. The van der Waals surface area contributed by atoms with Crippen LogP contribution in [0.15, 0.2) is 18.2 Å². The fourth-order valence-electron chi connectivity index (χ4n) is 3.37. The molecule has 128 valence electrons. The molecule has 23 heavy (non-hydrogen) atoms. The minimum atomic E-state index is -0.398. The number of methoxy groups -OCH3 is 1. The molecule has 1 saturated carbocycles. The highest BCUT2D eigenvalue weighted by atomic mass is 19.1. The lowest BCUT2D eigenvalue weighted by Crippen LogP contribution is -2.35. The number of nitrogens with one attached hydrogen (secondary N) is 1. The second kappa shape index (κ2) is 7.33. The predicted octanol–water partition coefficient (Wildman–Crippen LogP) is 4.30. The van der Waals surface area contributed by atoms with Gasteiger partial charge in [0, 0.05) is 12.5 Å². The maximum absolute atomic E-state index is 13.6. The SMILES string of the molecule is COc1ccc(CNC(=O)C2CCC(C(C)(C)C)CC2)cc1F. The molecule has 2 rings (SSSR count). The summed E-state index contributed by atoms with van der Waals surface area (Å²) in [6.45, 7) is 7.18. The van der Waals surface area contributed by atoms with Crippen molar-refractivity contribution >= 4 is 5.91 Å². The largest absolute Gasteiger partial charge is 0.494 e. The number of carbonyl (C=O) groups is 1. The Morgan fingerprint density at radius 3 is 2.43 bits per heavy atom. The summed E-state index contributed by atoms with van der Waals surface area (Å²) in [7, 11) is 1.44. The van der Waals surface area contributed by atoms with Gasteiger partial charge in [-0.1, -0.05) is 26.8 Å². The minimum Gasteiger partial charge on any atom is -0.494 e. The predicted molar refractivity (Wildman–Crippen MR) is 89.7 cm³/mol. The third kappa shape index (κ3) is 4.69. The van der Waals surface area contributed by atoms with Crippen LogP contribution in [0.25, 0.3) is 0 Å². The van der Waals surface area contributed by atoms with Crippen LogP contribution in [0.2, 0.25) is 0 Å². The summed E-state index contributed by atoms with van der Waals surface area (Å²) in [6, 6.07) is 4.78. The topological polar surface area (TPSA) is 38.3 Å². The van der Waals surface area contributed by atoms with Gasteiger partial charge in [-0.25, -0.2) is 4.39 Å². The van der Waals surface area contributed by atoms with E-state index in [9.17, 15) is 9.18 Å². The Morgan fingerprint density at radius 2 is 1.91 bits per heavy atom. The van der Waals surface area contributed by atoms with Crippen LogP contribution in [0.3, 0.4) is 0 Å². The van der Waals surface area contributed by atoms with Crippen LogP contribution in [0.5, 0.6) is 5.75 Å². The molecular formula is C19H28FNO2. The summed E-state index contributed by atoms with van der Waals surface area (Å²) in [6.07, 6.45) is 4.12. The van der Waals surface area contributed by atoms with Crippen LogP contribution in [-0.2, 0) is 11.3 Å². The molecule has 0 radical (unpaired) electrons. The van der Waals surface area contributed by atoms with Crippen LogP contribution in [-0.4, -0.2) is 13.0 Å². The zero-order chi connectivity index (χ0) is 17.0. The van der Waals surface area contributed by atoms with Gasteiger partial charge in [-0.3, -0.25) is 4.79 Å². The number of ether oxygens (including phenoxy) is 1. The first-order valence-electron chi connectivity index (χ1n) is 8.41. The summed E-state index contributed by atoms with van der Waals surface area (Å²) >= 11 is 0. The molecule has 1 aromatic carbocycles. The van der Waals surface area contributed by atoms with E-state index in [2.05, 4.69) is 26.1 Å². The molecule has 1 aliphatic carbocycles. The molecule has 0 spiro atoms. The van der Waals surface area contributed by atoms with Gasteiger partial charge in [-0.2, -0.15) is 0 Å². The van der Waals surface area contributed by atoms with Gasteiger partial charge in [0.15, 0.2) is 11.6 Å². The zero-order valence-electron chi connectivity index (χ0n) is 14.6. The molecule has 0 unspecified atom stereocenters. The smallest absolute Gasteiger partial charge is 0.223 e. The van der Waals surface area contributed by atoms with Gasteiger partial charge in [-0.15, -0.1) is 0 Å². The molecule has 1 fully saturated rings. The van der Waals surface area contributed by atoms with Crippen LogP contribution in [0.4, 0.5) is 4.39 Å². The van der Waals surface area contributed by atoms with Crippen molar-refractivity contribution in [3.8, 4) is 5.75 Å². The maximum atomic E-state index is 13.6. The summed E-state index contributed by atoms with van der Waals surface area (Å²) in [5, 5.41) is 2.94. The van der Waals surface area contributed by atoms with E-state index in [1.807, 2.05) is 0 Å². The van der Waals surface area contributed by atoms with Crippen LogP contribution in [0, 0.1) is 23.1 Å². The first-order chi connectivity index (χ1) is 10.8. The van der Waals surface area contributed by atoms with Gasteiger partial charge in [0.05, 0.1) is 7.11 Å². The number of halogens is 1. The number of amides is 1. The summed E-state index contributed by atoms with van der Waals surface area (Å²) in [5.74, 6) is 0.707. The summed E-state index contributed by atoms with van der Waals surface area (Å²) < 4.78 is 18.5. The second-order valence-electron chi connectivity index (χ2n) is 7.60. The fraction of sp³-hybridized carbons (Fsp3) is 0.632. The van der Waals surface area contributed by atoms with E-state index < -0.39 is 5.82 Å². The van der Waals surface area contributed by atoms with Gasteiger partial charge in [0.1, 0.15) is 0 Å². The van der Waals surface area contributed by atoms with Gasteiger partial charge in [-0.05, 0) is 54.7 Å². The molecule has 0 aromatic heterocycles. The lowest BCUT2D eigenvalue weighted by molar-refractivity contribution is -0.126. The molecule has 1 N–H and O–H groups in total. The van der Waals surface area contributed by atoms with Crippen molar-refractivity contribution < 1.29 is 13.9 Å².